The Bertz CT molecular complexity index is 686. The van der Waals surface area contributed by atoms with Crippen LogP contribution in [0, 0.1) is 30.1 Å². The largest absolute Gasteiger partial charge is 0.296 e. The van der Waals surface area contributed by atoms with Crippen molar-refractivity contribution in [2.75, 3.05) is 6.61 Å². The maximum absolute atomic E-state index is 12.3. The summed E-state index contributed by atoms with van der Waals surface area (Å²) in [6.45, 7) is 10.9. The molecular weight excluding hydrogens is 296 g/mol. The highest BCUT2D eigenvalue weighted by Crippen LogP contribution is 2.62. The summed E-state index contributed by atoms with van der Waals surface area (Å²) < 4.78 is 29.8. The molecule has 3 atom stereocenters. The minimum atomic E-state index is -3.67. The molecule has 3 aliphatic rings. The van der Waals surface area contributed by atoms with Crippen molar-refractivity contribution in [2.24, 2.45) is 23.2 Å². The van der Waals surface area contributed by atoms with Crippen LogP contribution < -0.4 is 0 Å². The molecule has 0 heterocycles. The normalized spacial score (nSPS) is 30.0. The van der Waals surface area contributed by atoms with Gasteiger partial charge in [0.1, 0.15) is 0 Å². The van der Waals surface area contributed by atoms with E-state index in [1.165, 1.54) is 12.0 Å². The van der Waals surface area contributed by atoms with E-state index in [9.17, 15) is 8.42 Å². The van der Waals surface area contributed by atoms with Gasteiger partial charge in [-0.25, -0.2) is 0 Å². The molecule has 1 aromatic rings. The van der Waals surface area contributed by atoms with E-state index in [1.807, 2.05) is 6.92 Å². The number of hydrogen-bond donors (Lipinski definition) is 0. The summed E-state index contributed by atoms with van der Waals surface area (Å²) in [5.74, 6) is 1.35. The molecule has 0 aromatic heterocycles. The minimum Gasteiger partial charge on any atom is -0.266 e. The van der Waals surface area contributed by atoms with Crippen molar-refractivity contribution in [3.8, 4) is 0 Å². The van der Waals surface area contributed by atoms with Gasteiger partial charge in [-0.2, -0.15) is 8.42 Å². The monoisotopic (exact) mass is 320 g/mol. The first-order valence-corrected chi connectivity index (χ1v) is 9.27. The lowest BCUT2D eigenvalue weighted by atomic mass is 9.45. The van der Waals surface area contributed by atoms with Crippen molar-refractivity contribution < 1.29 is 12.6 Å². The van der Waals surface area contributed by atoms with Gasteiger partial charge < -0.3 is 0 Å². The number of benzene rings is 1. The quantitative estimate of drug-likeness (QED) is 0.623. The van der Waals surface area contributed by atoms with Crippen LogP contribution in [-0.2, 0) is 14.3 Å². The van der Waals surface area contributed by atoms with Gasteiger partial charge >= 0.3 is 0 Å². The first-order chi connectivity index (χ1) is 10.2. The smallest absolute Gasteiger partial charge is 0.266 e. The highest BCUT2D eigenvalue weighted by atomic mass is 32.2. The lowest BCUT2D eigenvalue weighted by molar-refractivity contribution is -0.0526. The zero-order valence-electron chi connectivity index (χ0n) is 13.5. The van der Waals surface area contributed by atoms with E-state index in [1.54, 1.807) is 24.3 Å². The van der Waals surface area contributed by atoms with Crippen molar-refractivity contribution in [3.63, 3.8) is 0 Å². The molecule has 1 aromatic carbocycles. The van der Waals surface area contributed by atoms with Crippen LogP contribution in [0.15, 0.2) is 41.3 Å². The maximum atomic E-state index is 12.3. The minimum absolute atomic E-state index is 0.164. The van der Waals surface area contributed by atoms with Crippen LogP contribution >= 0.6 is 0 Å². The van der Waals surface area contributed by atoms with Crippen molar-refractivity contribution in [3.05, 3.63) is 42.0 Å². The van der Waals surface area contributed by atoms with Gasteiger partial charge in [0.25, 0.3) is 10.1 Å². The zero-order valence-corrected chi connectivity index (χ0v) is 14.3. The van der Waals surface area contributed by atoms with Crippen LogP contribution in [0.1, 0.15) is 32.3 Å². The van der Waals surface area contributed by atoms with Crippen LogP contribution in [0.4, 0.5) is 0 Å². The second kappa shape index (κ2) is 5.20. The molecule has 3 aliphatic carbocycles. The third kappa shape index (κ3) is 2.52. The molecule has 4 rings (SSSR count). The van der Waals surface area contributed by atoms with Gasteiger partial charge in [0.15, 0.2) is 0 Å². The Morgan fingerprint density at radius 1 is 1.23 bits per heavy atom. The molecule has 3 nitrogen and oxygen atoms in total. The van der Waals surface area contributed by atoms with Gasteiger partial charge in [-0.15, -0.1) is 0 Å². The molecule has 0 radical (unpaired) electrons. The van der Waals surface area contributed by atoms with E-state index in [2.05, 4.69) is 20.4 Å². The Morgan fingerprint density at radius 3 is 2.41 bits per heavy atom. The highest BCUT2D eigenvalue weighted by molar-refractivity contribution is 7.86. The molecule has 0 spiro atoms. The lowest BCUT2D eigenvalue weighted by Crippen LogP contribution is -2.52. The molecule has 0 aliphatic heterocycles. The van der Waals surface area contributed by atoms with Crippen LogP contribution in [0.5, 0.6) is 0 Å². The van der Waals surface area contributed by atoms with Gasteiger partial charge in [-0.1, -0.05) is 43.7 Å². The molecule has 0 saturated heterocycles. The lowest BCUT2D eigenvalue weighted by Gasteiger charge is -2.60. The van der Waals surface area contributed by atoms with Crippen LogP contribution in [0.2, 0.25) is 0 Å². The SMILES string of the molecule is C=C1C(COS(=O)(=O)c2ccc(C)cc2)CC2CC1C2(C)C. The predicted octanol–water partition coefficient (Wildman–Crippen LogP) is 3.94. The first-order valence-electron chi connectivity index (χ1n) is 7.86. The van der Waals surface area contributed by atoms with Crippen LogP contribution in [0.25, 0.3) is 0 Å². The van der Waals surface area contributed by atoms with Crippen molar-refractivity contribution in [1.29, 1.82) is 0 Å². The fourth-order valence-electron chi connectivity index (χ4n) is 3.94. The van der Waals surface area contributed by atoms with Gasteiger partial charge in [0.2, 0.25) is 0 Å². The predicted molar refractivity (Wildman–Crippen MR) is 86.9 cm³/mol. The van der Waals surface area contributed by atoms with E-state index in [0.29, 0.717) is 17.3 Å². The Morgan fingerprint density at radius 2 is 1.86 bits per heavy atom. The van der Waals surface area contributed by atoms with E-state index in [4.69, 9.17) is 4.18 Å². The summed E-state index contributed by atoms with van der Waals surface area (Å²) in [6, 6.07) is 6.77. The Labute approximate surface area is 133 Å². The molecule has 3 fully saturated rings. The second-order valence-electron chi connectivity index (χ2n) is 7.37. The van der Waals surface area contributed by atoms with E-state index in [-0.39, 0.29) is 17.4 Å². The zero-order chi connectivity index (χ0) is 16.1. The molecule has 120 valence electrons. The van der Waals surface area contributed by atoms with E-state index in [0.717, 1.165) is 12.0 Å². The van der Waals surface area contributed by atoms with Crippen LogP contribution in [-0.4, -0.2) is 15.0 Å². The highest BCUT2D eigenvalue weighted by Gasteiger charge is 2.54. The molecule has 4 heteroatoms. The molecule has 0 amide bonds. The molecule has 2 bridgehead atoms. The third-order valence-corrected chi connectivity index (χ3v) is 7.04. The fourth-order valence-corrected chi connectivity index (χ4v) is 4.89. The Balaban J connectivity index is 1.66. The van der Waals surface area contributed by atoms with Crippen molar-refractivity contribution in [1.82, 2.24) is 0 Å². The maximum Gasteiger partial charge on any atom is 0.296 e. The first kappa shape index (κ1) is 15.8. The average Bonchev–Trinajstić information content (AvgIpc) is 2.46. The summed E-state index contributed by atoms with van der Waals surface area (Å²) in [5.41, 5.74) is 2.53. The topological polar surface area (TPSA) is 43.4 Å². The summed E-state index contributed by atoms with van der Waals surface area (Å²) in [7, 11) is -3.67. The number of aryl methyl sites for hydroxylation is 1. The van der Waals surface area contributed by atoms with Gasteiger partial charge in [0, 0.05) is 5.92 Å². The summed E-state index contributed by atoms with van der Waals surface area (Å²) in [6.07, 6.45) is 2.19. The summed E-state index contributed by atoms with van der Waals surface area (Å²) >= 11 is 0. The summed E-state index contributed by atoms with van der Waals surface area (Å²) in [4.78, 5) is 0.227. The van der Waals surface area contributed by atoms with Gasteiger partial charge in [-0.3, -0.25) is 4.18 Å². The number of hydrogen-bond acceptors (Lipinski definition) is 3. The molecule has 3 unspecified atom stereocenters. The fraction of sp³-hybridized carbons (Fsp3) is 0.556. The van der Waals surface area contributed by atoms with Crippen molar-refractivity contribution in [2.45, 2.75) is 38.5 Å². The van der Waals surface area contributed by atoms with E-state index < -0.39 is 10.1 Å². The number of rotatable bonds is 4. The standard InChI is InChI=1S/C18H24O3S/c1-12-5-7-16(8-6-12)22(19,20)21-11-14-9-15-10-17(13(14)2)18(15,3)4/h5-8,14-15,17H,2,9-11H2,1,3-4H3. The van der Waals surface area contributed by atoms with Crippen LogP contribution in [0.3, 0.4) is 0 Å². The Kier molecular flexibility index (Phi) is 3.73. The second-order valence-corrected chi connectivity index (χ2v) is 8.98. The van der Waals surface area contributed by atoms with Gasteiger partial charge in [-0.05, 0) is 49.1 Å². The molecule has 0 N–H and O–H groups in total. The molecular formula is C18H24O3S. The van der Waals surface area contributed by atoms with E-state index >= 15 is 0 Å². The third-order valence-electron chi connectivity index (χ3n) is 5.75. The Hall–Kier alpha value is -1.13. The van der Waals surface area contributed by atoms with Crippen molar-refractivity contribution >= 4 is 10.1 Å². The molecule has 3 saturated carbocycles. The molecule has 22 heavy (non-hydrogen) atoms. The number of fused-ring (bicyclic) bond motifs is 2. The van der Waals surface area contributed by atoms with Gasteiger partial charge in [0.05, 0.1) is 11.5 Å². The average molecular weight is 320 g/mol. The summed E-state index contributed by atoms with van der Waals surface area (Å²) in [5, 5.41) is 0.